The SMILES string of the molecule is COCc1ccsc1CSC. The first-order valence-electron chi connectivity index (χ1n) is 3.41. The number of methoxy groups -OCH3 is 1. The van der Waals surface area contributed by atoms with Gasteiger partial charge in [0.1, 0.15) is 0 Å². The van der Waals surface area contributed by atoms with Crippen molar-refractivity contribution in [2.75, 3.05) is 13.4 Å². The standard InChI is InChI=1S/C8H12OS2/c1-9-5-7-3-4-11-8(7)6-10-2/h3-4H,5-6H2,1-2H3. The van der Waals surface area contributed by atoms with Gasteiger partial charge < -0.3 is 4.74 Å². The van der Waals surface area contributed by atoms with Crippen LogP contribution in [0.2, 0.25) is 0 Å². The number of thiophene rings is 1. The van der Waals surface area contributed by atoms with E-state index in [1.165, 1.54) is 10.4 Å². The number of hydrogen-bond donors (Lipinski definition) is 0. The Morgan fingerprint density at radius 3 is 3.09 bits per heavy atom. The molecule has 1 heterocycles. The fourth-order valence-corrected chi connectivity index (χ4v) is 2.66. The van der Waals surface area contributed by atoms with Crippen molar-refractivity contribution in [3.8, 4) is 0 Å². The van der Waals surface area contributed by atoms with Crippen LogP contribution >= 0.6 is 23.1 Å². The fourth-order valence-electron chi connectivity index (χ4n) is 0.909. The number of hydrogen-bond acceptors (Lipinski definition) is 3. The van der Waals surface area contributed by atoms with E-state index < -0.39 is 0 Å². The second-order valence-electron chi connectivity index (χ2n) is 2.24. The van der Waals surface area contributed by atoms with Crippen LogP contribution in [0.5, 0.6) is 0 Å². The van der Waals surface area contributed by atoms with Gasteiger partial charge in [0.2, 0.25) is 0 Å². The molecule has 62 valence electrons. The Kier molecular flexibility index (Phi) is 3.97. The van der Waals surface area contributed by atoms with Gasteiger partial charge in [0, 0.05) is 17.7 Å². The van der Waals surface area contributed by atoms with E-state index in [0.29, 0.717) is 0 Å². The van der Waals surface area contributed by atoms with E-state index in [1.54, 1.807) is 7.11 Å². The molecule has 0 aliphatic heterocycles. The van der Waals surface area contributed by atoms with Crippen molar-refractivity contribution in [3.05, 3.63) is 21.9 Å². The normalized spacial score (nSPS) is 10.4. The average Bonchev–Trinajstić information content (AvgIpc) is 2.39. The van der Waals surface area contributed by atoms with Gasteiger partial charge in [-0.1, -0.05) is 0 Å². The van der Waals surface area contributed by atoms with E-state index >= 15 is 0 Å². The molecule has 0 unspecified atom stereocenters. The zero-order valence-electron chi connectivity index (χ0n) is 6.79. The summed E-state index contributed by atoms with van der Waals surface area (Å²) in [6.45, 7) is 0.749. The molecule has 1 aromatic rings. The molecular weight excluding hydrogens is 176 g/mol. The highest BCUT2D eigenvalue weighted by Crippen LogP contribution is 2.21. The van der Waals surface area contributed by atoms with Gasteiger partial charge in [-0.15, -0.1) is 11.3 Å². The Labute approximate surface area is 75.8 Å². The van der Waals surface area contributed by atoms with Gasteiger partial charge in [-0.05, 0) is 23.3 Å². The Morgan fingerprint density at radius 2 is 2.45 bits per heavy atom. The molecule has 0 radical (unpaired) electrons. The van der Waals surface area contributed by atoms with Gasteiger partial charge >= 0.3 is 0 Å². The maximum Gasteiger partial charge on any atom is 0.0724 e. The van der Waals surface area contributed by atoms with E-state index in [4.69, 9.17) is 4.74 Å². The van der Waals surface area contributed by atoms with Crippen LogP contribution in [0.4, 0.5) is 0 Å². The maximum atomic E-state index is 5.07. The molecule has 0 aliphatic carbocycles. The molecule has 0 N–H and O–H groups in total. The van der Waals surface area contributed by atoms with Gasteiger partial charge in [-0.2, -0.15) is 11.8 Å². The first-order chi connectivity index (χ1) is 5.38. The van der Waals surface area contributed by atoms with Crippen LogP contribution in [0.1, 0.15) is 10.4 Å². The summed E-state index contributed by atoms with van der Waals surface area (Å²) >= 11 is 3.67. The molecule has 1 rings (SSSR count). The van der Waals surface area contributed by atoms with E-state index in [9.17, 15) is 0 Å². The molecule has 0 saturated heterocycles. The molecule has 1 nitrogen and oxygen atoms in total. The first-order valence-corrected chi connectivity index (χ1v) is 5.69. The quantitative estimate of drug-likeness (QED) is 0.718. The van der Waals surface area contributed by atoms with Crippen molar-refractivity contribution in [2.45, 2.75) is 12.4 Å². The smallest absolute Gasteiger partial charge is 0.0724 e. The molecule has 0 fully saturated rings. The van der Waals surface area contributed by atoms with E-state index in [1.807, 2.05) is 23.1 Å². The van der Waals surface area contributed by atoms with Gasteiger partial charge in [-0.25, -0.2) is 0 Å². The van der Waals surface area contributed by atoms with Crippen molar-refractivity contribution in [1.82, 2.24) is 0 Å². The lowest BCUT2D eigenvalue weighted by Crippen LogP contribution is -1.88. The van der Waals surface area contributed by atoms with Crippen LogP contribution in [0.3, 0.4) is 0 Å². The molecule has 0 atom stereocenters. The topological polar surface area (TPSA) is 9.23 Å². The molecule has 0 spiro atoms. The molecule has 11 heavy (non-hydrogen) atoms. The third-order valence-corrected chi connectivity index (χ3v) is 3.14. The summed E-state index contributed by atoms with van der Waals surface area (Å²) in [5, 5.41) is 2.12. The minimum Gasteiger partial charge on any atom is -0.380 e. The minimum absolute atomic E-state index is 0.749. The lowest BCUT2D eigenvalue weighted by molar-refractivity contribution is 0.185. The Balaban J connectivity index is 2.62. The average molecular weight is 188 g/mol. The molecule has 0 saturated carbocycles. The molecule has 0 aliphatic rings. The van der Waals surface area contributed by atoms with Gasteiger partial charge in [0.05, 0.1) is 6.61 Å². The Bertz CT molecular complexity index is 187. The van der Waals surface area contributed by atoms with Crippen molar-refractivity contribution in [1.29, 1.82) is 0 Å². The maximum absolute atomic E-state index is 5.07. The summed E-state index contributed by atoms with van der Waals surface area (Å²) in [5.41, 5.74) is 1.34. The number of rotatable bonds is 4. The summed E-state index contributed by atoms with van der Waals surface area (Å²) in [6, 6.07) is 2.14. The van der Waals surface area contributed by atoms with Crippen LogP contribution in [0.15, 0.2) is 11.4 Å². The number of ether oxygens (including phenoxy) is 1. The first kappa shape index (κ1) is 9.10. The summed E-state index contributed by atoms with van der Waals surface area (Å²) in [6.07, 6.45) is 2.12. The van der Waals surface area contributed by atoms with E-state index in [-0.39, 0.29) is 0 Å². The molecule has 1 aromatic heterocycles. The lowest BCUT2D eigenvalue weighted by atomic mass is 10.3. The van der Waals surface area contributed by atoms with Gasteiger partial charge in [-0.3, -0.25) is 0 Å². The largest absolute Gasteiger partial charge is 0.380 e. The zero-order chi connectivity index (χ0) is 8.10. The Morgan fingerprint density at radius 1 is 1.64 bits per heavy atom. The molecule has 0 amide bonds. The highest BCUT2D eigenvalue weighted by molar-refractivity contribution is 7.97. The van der Waals surface area contributed by atoms with Crippen molar-refractivity contribution < 1.29 is 4.74 Å². The van der Waals surface area contributed by atoms with Crippen molar-refractivity contribution in [3.63, 3.8) is 0 Å². The zero-order valence-corrected chi connectivity index (χ0v) is 8.43. The highest BCUT2D eigenvalue weighted by Gasteiger charge is 2.01. The minimum atomic E-state index is 0.749. The second kappa shape index (κ2) is 4.80. The number of thioether (sulfide) groups is 1. The Hall–Kier alpha value is 0.01000. The molecule has 0 aromatic carbocycles. The van der Waals surface area contributed by atoms with Crippen LogP contribution < -0.4 is 0 Å². The van der Waals surface area contributed by atoms with Gasteiger partial charge in [0.25, 0.3) is 0 Å². The molecular formula is C8H12OS2. The summed E-state index contributed by atoms with van der Waals surface area (Å²) in [4.78, 5) is 1.44. The van der Waals surface area contributed by atoms with E-state index in [0.717, 1.165) is 12.4 Å². The monoisotopic (exact) mass is 188 g/mol. The third-order valence-electron chi connectivity index (χ3n) is 1.41. The van der Waals surface area contributed by atoms with E-state index in [2.05, 4.69) is 17.7 Å². The lowest BCUT2D eigenvalue weighted by Gasteiger charge is -1.99. The van der Waals surface area contributed by atoms with Gasteiger partial charge in [0.15, 0.2) is 0 Å². The highest BCUT2D eigenvalue weighted by atomic mass is 32.2. The molecule has 3 heteroatoms. The van der Waals surface area contributed by atoms with Crippen LogP contribution in [0.25, 0.3) is 0 Å². The van der Waals surface area contributed by atoms with Crippen molar-refractivity contribution in [2.24, 2.45) is 0 Å². The second-order valence-corrected chi connectivity index (χ2v) is 4.10. The predicted octanol–water partition coefficient (Wildman–Crippen LogP) is 2.76. The fraction of sp³-hybridized carbons (Fsp3) is 0.500. The van der Waals surface area contributed by atoms with Crippen molar-refractivity contribution >= 4 is 23.1 Å². The van der Waals surface area contributed by atoms with Crippen LogP contribution in [-0.4, -0.2) is 13.4 Å². The molecule has 0 bridgehead atoms. The predicted molar refractivity (Wildman–Crippen MR) is 52.3 cm³/mol. The summed E-state index contributed by atoms with van der Waals surface area (Å²) in [7, 11) is 1.74. The van der Waals surface area contributed by atoms with Crippen LogP contribution in [-0.2, 0) is 17.1 Å². The summed E-state index contributed by atoms with van der Waals surface area (Å²) in [5.74, 6) is 1.11. The third kappa shape index (κ3) is 2.51. The summed E-state index contributed by atoms with van der Waals surface area (Å²) < 4.78 is 5.07. The van der Waals surface area contributed by atoms with Crippen LogP contribution in [0, 0.1) is 0 Å².